The third kappa shape index (κ3) is 3.52. The average Bonchev–Trinajstić information content (AvgIpc) is 3.33. The van der Waals surface area contributed by atoms with Crippen molar-refractivity contribution < 1.29 is 4.79 Å². The van der Waals surface area contributed by atoms with Gasteiger partial charge in [-0.15, -0.1) is 0 Å². The van der Waals surface area contributed by atoms with Gasteiger partial charge in [-0.25, -0.2) is 0 Å². The number of nitrogens with zero attached hydrogens (tertiary/aromatic N) is 3. The molecule has 32 heavy (non-hydrogen) atoms. The maximum absolute atomic E-state index is 13.7. The molecule has 160 valence electrons. The summed E-state index contributed by atoms with van der Waals surface area (Å²) < 4.78 is 4.22. The van der Waals surface area contributed by atoms with Gasteiger partial charge in [-0.2, -0.15) is 0 Å². The molecule has 0 bridgehead atoms. The van der Waals surface area contributed by atoms with Gasteiger partial charge in [-0.05, 0) is 65.1 Å². The molecule has 0 saturated heterocycles. The first-order valence-electron chi connectivity index (χ1n) is 10.9. The molecular formula is C28H27N3O. The number of rotatable bonds is 4. The van der Waals surface area contributed by atoms with E-state index in [1.54, 1.807) is 12.4 Å². The largest absolute Gasteiger partial charge is 0.351 e. The molecule has 3 heterocycles. The molecular weight excluding hydrogens is 394 g/mol. The smallest absolute Gasteiger partial charge is 0.209 e. The van der Waals surface area contributed by atoms with Crippen molar-refractivity contribution in [1.82, 2.24) is 14.1 Å². The lowest BCUT2D eigenvalue weighted by atomic mass is 9.87. The van der Waals surface area contributed by atoms with E-state index in [9.17, 15) is 4.79 Å². The van der Waals surface area contributed by atoms with Crippen LogP contribution < -0.4 is 0 Å². The highest BCUT2D eigenvalue weighted by Gasteiger charge is 2.21. The molecule has 3 aromatic heterocycles. The number of carbonyl (C=O) groups excluding carboxylic acids is 1. The Balaban J connectivity index is 1.67. The molecule has 0 aliphatic carbocycles. The zero-order valence-corrected chi connectivity index (χ0v) is 19.0. The van der Waals surface area contributed by atoms with Gasteiger partial charge in [0.15, 0.2) is 0 Å². The van der Waals surface area contributed by atoms with Crippen LogP contribution in [0.4, 0.5) is 0 Å². The molecule has 0 amide bonds. The zero-order valence-electron chi connectivity index (χ0n) is 19.0. The van der Waals surface area contributed by atoms with Crippen LogP contribution in [0.3, 0.4) is 0 Å². The Kier molecular flexibility index (Phi) is 4.74. The summed E-state index contributed by atoms with van der Waals surface area (Å²) in [5, 5.41) is 2.15. The second-order valence-corrected chi connectivity index (χ2v) is 9.52. The minimum absolute atomic E-state index is 0.0302. The van der Waals surface area contributed by atoms with Crippen LogP contribution in [0.25, 0.3) is 21.8 Å². The Bertz CT molecular complexity index is 1450. The van der Waals surface area contributed by atoms with Gasteiger partial charge in [0.25, 0.3) is 0 Å². The minimum Gasteiger partial charge on any atom is -0.351 e. The number of pyridine rings is 1. The zero-order chi connectivity index (χ0) is 22.5. The summed E-state index contributed by atoms with van der Waals surface area (Å²) in [6, 6.07) is 20.6. The SMILES string of the molecule is Cn1ccc2cc(C(=O)c3cc4ccc(C(C)(C)C)cc4n3Cc3ccncc3)ccc21. The summed E-state index contributed by atoms with van der Waals surface area (Å²) in [6.45, 7) is 7.26. The molecule has 0 atom stereocenters. The molecule has 2 aromatic carbocycles. The van der Waals surface area contributed by atoms with E-state index in [2.05, 4.69) is 53.1 Å². The maximum Gasteiger partial charge on any atom is 0.209 e. The van der Waals surface area contributed by atoms with E-state index in [1.807, 2.05) is 55.7 Å². The molecule has 0 spiro atoms. The quantitative estimate of drug-likeness (QED) is 0.329. The van der Waals surface area contributed by atoms with Crippen molar-refractivity contribution in [3.63, 3.8) is 0 Å². The molecule has 0 radical (unpaired) electrons. The minimum atomic E-state index is 0.0302. The lowest BCUT2D eigenvalue weighted by molar-refractivity contribution is 0.103. The lowest BCUT2D eigenvalue weighted by Crippen LogP contribution is -2.13. The summed E-state index contributed by atoms with van der Waals surface area (Å²) in [7, 11) is 2.02. The Morgan fingerprint density at radius 2 is 1.62 bits per heavy atom. The molecule has 0 saturated carbocycles. The van der Waals surface area contributed by atoms with Gasteiger partial charge in [0.2, 0.25) is 5.78 Å². The number of aryl methyl sites for hydroxylation is 1. The first-order valence-corrected chi connectivity index (χ1v) is 10.9. The molecule has 0 N–H and O–H groups in total. The van der Waals surface area contributed by atoms with Crippen LogP contribution in [0, 0.1) is 0 Å². The Labute approximate surface area is 188 Å². The van der Waals surface area contributed by atoms with Crippen molar-refractivity contribution in [2.75, 3.05) is 0 Å². The molecule has 5 aromatic rings. The third-order valence-electron chi connectivity index (χ3n) is 6.24. The van der Waals surface area contributed by atoms with Gasteiger partial charge >= 0.3 is 0 Å². The van der Waals surface area contributed by atoms with E-state index < -0.39 is 0 Å². The van der Waals surface area contributed by atoms with E-state index >= 15 is 0 Å². The van der Waals surface area contributed by atoms with Gasteiger partial charge in [0, 0.05) is 59.6 Å². The maximum atomic E-state index is 13.7. The summed E-state index contributed by atoms with van der Waals surface area (Å²) in [5.41, 5.74) is 6.02. The molecule has 4 heteroatoms. The normalized spacial score (nSPS) is 12.0. The van der Waals surface area contributed by atoms with Gasteiger partial charge in [-0.3, -0.25) is 9.78 Å². The highest BCUT2D eigenvalue weighted by Crippen LogP contribution is 2.30. The Hall–Kier alpha value is -3.66. The average molecular weight is 422 g/mol. The number of fused-ring (bicyclic) bond motifs is 2. The van der Waals surface area contributed by atoms with E-state index in [1.165, 1.54) is 5.56 Å². The summed E-state index contributed by atoms with van der Waals surface area (Å²) in [6.07, 6.45) is 5.62. The topological polar surface area (TPSA) is 39.8 Å². The molecule has 0 aliphatic rings. The number of benzene rings is 2. The first-order chi connectivity index (χ1) is 15.3. The van der Waals surface area contributed by atoms with Gasteiger partial charge in [0.1, 0.15) is 0 Å². The summed E-state index contributed by atoms with van der Waals surface area (Å²) in [4.78, 5) is 17.9. The highest BCUT2D eigenvalue weighted by molar-refractivity contribution is 6.12. The standard InChI is InChI=1S/C28H27N3O/c1-28(2,3)23-7-5-20-16-26(31(25(20)17-23)18-19-9-12-29-13-10-19)27(32)22-6-8-24-21(15-22)11-14-30(24)4/h5-17H,18H2,1-4H3. The van der Waals surface area contributed by atoms with Gasteiger partial charge in [0.05, 0.1) is 5.69 Å². The fourth-order valence-corrected chi connectivity index (χ4v) is 4.32. The van der Waals surface area contributed by atoms with E-state index in [0.717, 1.165) is 27.4 Å². The summed E-state index contributed by atoms with van der Waals surface area (Å²) in [5.74, 6) is 0.0401. The van der Waals surface area contributed by atoms with Crippen LogP contribution >= 0.6 is 0 Å². The summed E-state index contributed by atoms with van der Waals surface area (Å²) >= 11 is 0. The van der Waals surface area contributed by atoms with E-state index in [-0.39, 0.29) is 11.2 Å². The van der Waals surface area contributed by atoms with Crippen LogP contribution in [0.2, 0.25) is 0 Å². The van der Waals surface area contributed by atoms with Crippen LogP contribution in [0.1, 0.15) is 48.0 Å². The fraction of sp³-hybridized carbons (Fsp3) is 0.214. The van der Waals surface area contributed by atoms with Gasteiger partial charge in [-0.1, -0.05) is 32.9 Å². The number of carbonyl (C=O) groups is 1. The fourth-order valence-electron chi connectivity index (χ4n) is 4.32. The highest BCUT2D eigenvalue weighted by atomic mass is 16.1. The predicted molar refractivity (Wildman–Crippen MR) is 130 cm³/mol. The van der Waals surface area contributed by atoms with Crippen molar-refractivity contribution in [2.24, 2.45) is 7.05 Å². The Morgan fingerprint density at radius 3 is 2.38 bits per heavy atom. The molecule has 5 rings (SSSR count). The molecule has 0 fully saturated rings. The number of hydrogen-bond donors (Lipinski definition) is 0. The monoisotopic (exact) mass is 421 g/mol. The molecule has 0 unspecified atom stereocenters. The number of hydrogen-bond acceptors (Lipinski definition) is 2. The first kappa shape index (κ1) is 20.3. The van der Waals surface area contributed by atoms with Crippen LogP contribution in [0.5, 0.6) is 0 Å². The third-order valence-corrected chi connectivity index (χ3v) is 6.24. The van der Waals surface area contributed by atoms with Crippen LogP contribution in [-0.2, 0) is 19.0 Å². The van der Waals surface area contributed by atoms with E-state index in [0.29, 0.717) is 17.8 Å². The van der Waals surface area contributed by atoms with Crippen LogP contribution in [0.15, 0.2) is 79.3 Å². The van der Waals surface area contributed by atoms with E-state index in [4.69, 9.17) is 0 Å². The second kappa shape index (κ2) is 7.49. The van der Waals surface area contributed by atoms with Crippen molar-refractivity contribution >= 4 is 27.6 Å². The molecule has 0 aliphatic heterocycles. The van der Waals surface area contributed by atoms with Crippen molar-refractivity contribution in [3.05, 3.63) is 102 Å². The predicted octanol–water partition coefficient (Wildman–Crippen LogP) is 6.10. The number of aromatic nitrogens is 3. The molecule has 4 nitrogen and oxygen atoms in total. The van der Waals surface area contributed by atoms with Crippen LogP contribution in [-0.4, -0.2) is 19.9 Å². The van der Waals surface area contributed by atoms with Crippen molar-refractivity contribution in [2.45, 2.75) is 32.7 Å². The van der Waals surface area contributed by atoms with Crippen molar-refractivity contribution in [3.8, 4) is 0 Å². The van der Waals surface area contributed by atoms with Crippen molar-refractivity contribution in [1.29, 1.82) is 0 Å². The Morgan fingerprint density at radius 1 is 0.875 bits per heavy atom. The number of ketones is 1. The van der Waals surface area contributed by atoms with Gasteiger partial charge < -0.3 is 9.13 Å². The lowest BCUT2D eigenvalue weighted by Gasteiger charge is -2.19. The second-order valence-electron chi connectivity index (χ2n) is 9.52.